The number of para-hydroxylation sites is 1. The predicted octanol–water partition coefficient (Wildman–Crippen LogP) is 11.4. The Balaban J connectivity index is 0.00000171. The first-order chi connectivity index (χ1) is 24.0. The lowest BCUT2D eigenvalue weighted by atomic mass is 9.82. The van der Waals surface area contributed by atoms with E-state index >= 15 is 0 Å². The number of hydrogen-bond donors (Lipinski definition) is 0. The van der Waals surface area contributed by atoms with Gasteiger partial charge in [-0.1, -0.05) is 137 Å². The first kappa shape index (κ1) is 30.3. The summed E-state index contributed by atoms with van der Waals surface area (Å²) in [6, 6.07) is 50.5. The second-order valence-electron chi connectivity index (χ2n) is 12.5. The van der Waals surface area contributed by atoms with Crippen molar-refractivity contribution in [3.8, 4) is 51.3 Å². The third-order valence-corrected chi connectivity index (χ3v) is 9.34. The number of nitrogens with zero attached hydrogens (tertiary/aromatic N) is 4. The first-order valence-electron chi connectivity index (χ1n) is 16.9. The van der Waals surface area contributed by atoms with Crippen LogP contribution in [0.25, 0.3) is 61.4 Å². The van der Waals surface area contributed by atoms with E-state index in [9.17, 15) is 0 Å². The fourth-order valence-electron chi connectivity index (χ4n) is 7.07. The zero-order valence-corrected chi connectivity index (χ0v) is 28.1. The number of benzene rings is 6. The number of hydrogen-bond acceptors (Lipinski definition) is 4. The maximum Gasteiger partial charge on any atom is 0.326 e. The summed E-state index contributed by atoms with van der Waals surface area (Å²) in [7, 11) is 0. The first-order valence-corrected chi connectivity index (χ1v) is 16.9. The Labute approximate surface area is 286 Å². The predicted molar refractivity (Wildman–Crippen MR) is 200 cm³/mol. The average molecular weight is 637 g/mol. The molecule has 0 saturated carbocycles. The molecule has 1 aliphatic rings. The van der Waals surface area contributed by atoms with Crippen molar-refractivity contribution >= 4 is 21.8 Å². The minimum atomic E-state index is -0.0992. The van der Waals surface area contributed by atoms with Gasteiger partial charge in [0.25, 0.3) is 0 Å². The van der Waals surface area contributed by atoms with Crippen LogP contribution in [0.1, 0.15) is 38.8 Å². The van der Waals surface area contributed by atoms with Gasteiger partial charge in [-0.25, -0.2) is 4.98 Å². The molecule has 0 spiro atoms. The molecule has 0 N–H and O–H groups in total. The Hall–Kier alpha value is -6.07. The molecule has 0 amide bonds. The van der Waals surface area contributed by atoms with Crippen LogP contribution in [0, 0.1) is 0 Å². The molecular weight excluding hydrogens is 601 g/mol. The van der Waals surface area contributed by atoms with Crippen LogP contribution in [-0.2, 0) is 5.41 Å². The van der Waals surface area contributed by atoms with Crippen molar-refractivity contribution in [1.29, 1.82) is 0 Å². The smallest absolute Gasteiger partial charge is 0.326 e. The molecule has 6 aromatic carbocycles. The Morgan fingerprint density at radius 3 is 1.86 bits per heavy atom. The van der Waals surface area contributed by atoms with Crippen LogP contribution in [0.5, 0.6) is 11.8 Å². The largest absolute Gasteiger partial charge is 0.424 e. The Kier molecular flexibility index (Phi) is 7.53. The minimum absolute atomic E-state index is 0.0992. The summed E-state index contributed by atoms with van der Waals surface area (Å²) in [5, 5.41) is 2.45. The lowest BCUT2D eigenvalue weighted by Crippen LogP contribution is -2.14. The molecule has 5 nitrogen and oxygen atoms in total. The van der Waals surface area contributed by atoms with Gasteiger partial charge in [0, 0.05) is 39.1 Å². The lowest BCUT2D eigenvalue weighted by Gasteiger charge is -2.21. The van der Waals surface area contributed by atoms with Crippen molar-refractivity contribution in [3.05, 3.63) is 157 Å². The zero-order valence-electron chi connectivity index (χ0n) is 28.1. The zero-order chi connectivity index (χ0) is 33.5. The summed E-state index contributed by atoms with van der Waals surface area (Å²) in [6.07, 6.45) is 0. The van der Waals surface area contributed by atoms with Crippen LogP contribution in [-0.4, -0.2) is 19.5 Å². The second kappa shape index (κ2) is 12.2. The molecule has 0 aliphatic heterocycles. The van der Waals surface area contributed by atoms with Crippen LogP contribution in [0.3, 0.4) is 0 Å². The second-order valence-corrected chi connectivity index (χ2v) is 12.5. The van der Waals surface area contributed by atoms with Gasteiger partial charge in [-0.2, -0.15) is 9.97 Å². The third kappa shape index (κ3) is 5.15. The van der Waals surface area contributed by atoms with E-state index in [2.05, 4.69) is 91.2 Å². The molecule has 0 unspecified atom stereocenters. The quantitative estimate of drug-likeness (QED) is 0.189. The summed E-state index contributed by atoms with van der Waals surface area (Å²) < 4.78 is 8.78. The highest BCUT2D eigenvalue weighted by Gasteiger charge is 2.36. The van der Waals surface area contributed by atoms with Crippen LogP contribution < -0.4 is 4.74 Å². The van der Waals surface area contributed by atoms with Crippen molar-refractivity contribution in [2.45, 2.75) is 33.1 Å². The number of fused-ring (bicyclic) bond motifs is 6. The van der Waals surface area contributed by atoms with Crippen LogP contribution >= 0.6 is 0 Å². The molecule has 2 aromatic heterocycles. The van der Waals surface area contributed by atoms with E-state index < -0.39 is 0 Å². The topological polar surface area (TPSA) is 52.8 Å². The Morgan fingerprint density at radius 1 is 0.510 bits per heavy atom. The molecule has 2 heterocycles. The Bertz CT molecular complexity index is 2410. The molecule has 9 rings (SSSR count). The van der Waals surface area contributed by atoms with Gasteiger partial charge in [0.2, 0.25) is 0 Å². The van der Waals surface area contributed by atoms with Gasteiger partial charge in [0.05, 0.1) is 11.0 Å². The lowest BCUT2D eigenvalue weighted by molar-refractivity contribution is 0.441. The van der Waals surface area contributed by atoms with Crippen molar-refractivity contribution in [2.24, 2.45) is 0 Å². The minimum Gasteiger partial charge on any atom is -0.424 e. The standard InChI is InChI=1S/C42H30N4O.C2H6/c1-42(2)35-22-11-9-20-31(35)33-25-34-32-21-10-12-23-37(32)46(38(34)26-36(33)42)29-18-13-19-30(24-29)47-41-44-39(27-14-5-3-6-15-27)43-40(45-41)28-16-7-4-8-17-28;1-2/h3-26H,1-2H3;1-2H3. The molecule has 238 valence electrons. The fraction of sp³-hybridized carbons (Fsp3) is 0.114. The summed E-state index contributed by atoms with van der Waals surface area (Å²) >= 11 is 0. The van der Waals surface area contributed by atoms with Crippen molar-refractivity contribution < 1.29 is 4.74 Å². The van der Waals surface area contributed by atoms with E-state index in [0.29, 0.717) is 17.4 Å². The normalized spacial score (nSPS) is 12.7. The molecule has 0 saturated heterocycles. The third-order valence-electron chi connectivity index (χ3n) is 9.34. The SMILES string of the molecule is CC.CC1(C)c2ccccc2-c2cc3c4ccccc4n(-c4cccc(Oc5nc(-c6ccccc6)nc(-c6ccccc6)n5)c4)c3cc21. The summed E-state index contributed by atoms with van der Waals surface area (Å²) in [4.78, 5) is 14.3. The van der Waals surface area contributed by atoms with Gasteiger partial charge >= 0.3 is 6.01 Å². The highest BCUT2D eigenvalue weighted by atomic mass is 16.5. The molecule has 8 aromatic rings. The van der Waals surface area contributed by atoms with Gasteiger partial charge < -0.3 is 9.30 Å². The summed E-state index contributed by atoms with van der Waals surface area (Å²) in [5.74, 6) is 1.77. The van der Waals surface area contributed by atoms with E-state index in [0.717, 1.165) is 22.3 Å². The van der Waals surface area contributed by atoms with Gasteiger partial charge in [-0.3, -0.25) is 0 Å². The van der Waals surface area contributed by atoms with Gasteiger partial charge in [-0.15, -0.1) is 0 Å². The van der Waals surface area contributed by atoms with Crippen LogP contribution in [0.15, 0.2) is 146 Å². The molecule has 0 radical (unpaired) electrons. The maximum atomic E-state index is 6.44. The summed E-state index contributed by atoms with van der Waals surface area (Å²) in [6.45, 7) is 8.65. The van der Waals surface area contributed by atoms with Crippen LogP contribution in [0.2, 0.25) is 0 Å². The van der Waals surface area contributed by atoms with E-state index in [1.165, 1.54) is 38.5 Å². The van der Waals surface area contributed by atoms with E-state index in [1.54, 1.807) is 0 Å². The molecule has 0 atom stereocenters. The van der Waals surface area contributed by atoms with E-state index in [4.69, 9.17) is 19.7 Å². The number of ether oxygens (including phenoxy) is 1. The van der Waals surface area contributed by atoms with E-state index in [1.807, 2.05) is 86.6 Å². The van der Waals surface area contributed by atoms with Crippen molar-refractivity contribution in [3.63, 3.8) is 0 Å². The molecule has 0 bridgehead atoms. The molecule has 0 fully saturated rings. The number of rotatable bonds is 5. The highest BCUT2D eigenvalue weighted by molar-refractivity contribution is 6.11. The highest BCUT2D eigenvalue weighted by Crippen LogP contribution is 2.51. The van der Waals surface area contributed by atoms with Crippen molar-refractivity contribution in [1.82, 2.24) is 19.5 Å². The molecular formula is C44H36N4O. The van der Waals surface area contributed by atoms with Crippen molar-refractivity contribution in [2.75, 3.05) is 0 Å². The molecule has 49 heavy (non-hydrogen) atoms. The van der Waals surface area contributed by atoms with Gasteiger partial charge in [0.1, 0.15) is 5.75 Å². The number of aromatic nitrogens is 4. The fourth-order valence-corrected chi connectivity index (χ4v) is 7.07. The monoisotopic (exact) mass is 636 g/mol. The van der Waals surface area contributed by atoms with Gasteiger partial charge in [0.15, 0.2) is 11.6 Å². The van der Waals surface area contributed by atoms with E-state index in [-0.39, 0.29) is 11.4 Å². The van der Waals surface area contributed by atoms with Gasteiger partial charge in [-0.05, 0) is 52.6 Å². The molecule has 5 heteroatoms. The molecule has 1 aliphatic carbocycles. The maximum absolute atomic E-state index is 6.44. The Morgan fingerprint density at radius 2 is 1.14 bits per heavy atom. The average Bonchev–Trinajstić information content (AvgIpc) is 3.60. The summed E-state index contributed by atoms with van der Waals surface area (Å²) in [5.41, 5.74) is 10.4. The van der Waals surface area contributed by atoms with Crippen LogP contribution in [0.4, 0.5) is 0 Å².